The lowest BCUT2D eigenvalue weighted by atomic mass is 10.0. The van der Waals surface area contributed by atoms with Crippen molar-refractivity contribution in [3.63, 3.8) is 0 Å². The Morgan fingerprint density at radius 2 is 2.00 bits per heavy atom. The van der Waals surface area contributed by atoms with Gasteiger partial charge in [-0.2, -0.15) is 0 Å². The molecule has 0 saturated carbocycles. The van der Waals surface area contributed by atoms with E-state index in [4.69, 9.17) is 4.74 Å². The number of H-pyrrole nitrogens is 1. The molecule has 1 aliphatic rings. The van der Waals surface area contributed by atoms with Gasteiger partial charge in [0, 0.05) is 34.4 Å². The Morgan fingerprint density at radius 1 is 1.15 bits per heavy atom. The SMILES string of the molecule is COc1cccnc1-c1ccc2c(c1)/C(=C/c1[nH]c(C)cc1C)C(=O)N2. The summed E-state index contributed by atoms with van der Waals surface area (Å²) in [5.74, 6) is 0.600. The molecule has 2 N–H and O–H groups in total. The maximum absolute atomic E-state index is 12.5. The summed E-state index contributed by atoms with van der Waals surface area (Å²) in [6, 6.07) is 11.6. The number of hydrogen-bond donors (Lipinski definition) is 2. The largest absolute Gasteiger partial charge is 0.494 e. The first-order valence-electron chi connectivity index (χ1n) is 8.40. The quantitative estimate of drug-likeness (QED) is 0.699. The van der Waals surface area contributed by atoms with Crippen molar-refractivity contribution in [2.45, 2.75) is 13.8 Å². The predicted molar refractivity (Wildman–Crippen MR) is 103 cm³/mol. The monoisotopic (exact) mass is 345 g/mol. The molecule has 5 nitrogen and oxygen atoms in total. The number of aromatic nitrogens is 2. The number of fused-ring (bicyclic) bond motifs is 1. The van der Waals surface area contributed by atoms with Crippen LogP contribution in [0.4, 0.5) is 5.69 Å². The van der Waals surface area contributed by atoms with Crippen LogP contribution in [0.1, 0.15) is 22.5 Å². The molecule has 1 aromatic carbocycles. The summed E-state index contributed by atoms with van der Waals surface area (Å²) in [7, 11) is 1.63. The summed E-state index contributed by atoms with van der Waals surface area (Å²) in [5, 5.41) is 2.93. The minimum Gasteiger partial charge on any atom is -0.494 e. The van der Waals surface area contributed by atoms with Crippen LogP contribution in [-0.2, 0) is 4.79 Å². The number of hydrogen-bond acceptors (Lipinski definition) is 3. The topological polar surface area (TPSA) is 67.0 Å². The van der Waals surface area contributed by atoms with Crippen LogP contribution in [0.2, 0.25) is 0 Å². The molecule has 3 heterocycles. The molecule has 0 fully saturated rings. The Hall–Kier alpha value is -3.34. The van der Waals surface area contributed by atoms with E-state index in [1.54, 1.807) is 13.3 Å². The first kappa shape index (κ1) is 16.1. The number of pyridine rings is 1. The number of amides is 1. The first-order chi connectivity index (χ1) is 12.6. The summed E-state index contributed by atoms with van der Waals surface area (Å²) in [4.78, 5) is 20.2. The molecule has 0 radical (unpaired) electrons. The number of benzene rings is 1. The lowest BCUT2D eigenvalue weighted by Gasteiger charge is -2.08. The third-order valence-corrected chi connectivity index (χ3v) is 4.54. The molecule has 1 aliphatic heterocycles. The maximum atomic E-state index is 12.5. The fraction of sp³-hybridized carbons (Fsp3) is 0.143. The number of nitrogens with zero attached hydrogens (tertiary/aromatic N) is 1. The van der Waals surface area contributed by atoms with Gasteiger partial charge in [-0.15, -0.1) is 0 Å². The van der Waals surface area contributed by atoms with E-state index >= 15 is 0 Å². The molecule has 4 rings (SSSR count). The smallest absolute Gasteiger partial charge is 0.256 e. The zero-order valence-electron chi connectivity index (χ0n) is 14.9. The Labute approximate surface area is 151 Å². The summed E-state index contributed by atoms with van der Waals surface area (Å²) < 4.78 is 5.42. The van der Waals surface area contributed by atoms with E-state index in [9.17, 15) is 4.79 Å². The summed E-state index contributed by atoms with van der Waals surface area (Å²) in [6.45, 7) is 4.03. The molecule has 1 amide bonds. The third kappa shape index (κ3) is 2.67. The van der Waals surface area contributed by atoms with Gasteiger partial charge >= 0.3 is 0 Å². The average Bonchev–Trinajstić information content (AvgIpc) is 3.13. The van der Waals surface area contributed by atoms with Crippen LogP contribution in [-0.4, -0.2) is 23.0 Å². The van der Waals surface area contributed by atoms with E-state index in [2.05, 4.69) is 21.4 Å². The number of rotatable bonds is 3. The third-order valence-electron chi connectivity index (χ3n) is 4.54. The number of nitrogens with one attached hydrogen (secondary N) is 2. The van der Waals surface area contributed by atoms with Gasteiger partial charge in [-0.05, 0) is 55.8 Å². The highest BCUT2D eigenvalue weighted by Gasteiger charge is 2.25. The average molecular weight is 345 g/mol. The zero-order chi connectivity index (χ0) is 18.3. The van der Waals surface area contributed by atoms with E-state index in [0.29, 0.717) is 11.3 Å². The standard InChI is InChI=1S/C21H19N3O2/c1-12-9-13(2)23-18(12)11-16-15-10-14(6-7-17(15)24-21(16)25)20-19(26-3)5-4-8-22-20/h4-11,23H,1-3H3,(H,24,25)/b16-11-. The van der Waals surface area contributed by atoms with E-state index < -0.39 is 0 Å². The van der Waals surface area contributed by atoms with Crippen molar-refractivity contribution in [1.29, 1.82) is 0 Å². The number of carbonyl (C=O) groups is 1. The highest BCUT2D eigenvalue weighted by atomic mass is 16.5. The van der Waals surface area contributed by atoms with Gasteiger partial charge in [0.2, 0.25) is 0 Å². The normalized spacial score (nSPS) is 14.4. The van der Waals surface area contributed by atoms with Crippen molar-refractivity contribution >= 4 is 23.2 Å². The number of aromatic amines is 1. The van der Waals surface area contributed by atoms with Gasteiger partial charge in [0.05, 0.1) is 12.7 Å². The lowest BCUT2D eigenvalue weighted by Crippen LogP contribution is -2.03. The van der Waals surface area contributed by atoms with E-state index in [1.807, 2.05) is 50.3 Å². The molecule has 0 unspecified atom stereocenters. The second-order valence-corrected chi connectivity index (χ2v) is 6.38. The number of carbonyl (C=O) groups excluding carboxylic acids is 1. The molecule has 0 aliphatic carbocycles. The van der Waals surface area contributed by atoms with Crippen LogP contribution >= 0.6 is 0 Å². The van der Waals surface area contributed by atoms with E-state index in [-0.39, 0.29) is 5.91 Å². The Kier molecular flexibility index (Phi) is 3.84. The summed E-state index contributed by atoms with van der Waals surface area (Å²) >= 11 is 0. The molecule has 0 spiro atoms. The summed E-state index contributed by atoms with van der Waals surface area (Å²) in [6.07, 6.45) is 3.64. The zero-order valence-corrected chi connectivity index (χ0v) is 14.9. The highest BCUT2D eigenvalue weighted by Crippen LogP contribution is 2.37. The lowest BCUT2D eigenvalue weighted by molar-refractivity contribution is -0.110. The molecule has 0 saturated heterocycles. The van der Waals surface area contributed by atoms with Crippen molar-refractivity contribution in [3.8, 4) is 17.0 Å². The molecular weight excluding hydrogens is 326 g/mol. The molecule has 0 bridgehead atoms. The Balaban J connectivity index is 1.84. The van der Waals surface area contributed by atoms with Crippen LogP contribution in [0.3, 0.4) is 0 Å². The molecule has 130 valence electrons. The molecule has 26 heavy (non-hydrogen) atoms. The number of ether oxygens (including phenoxy) is 1. The maximum Gasteiger partial charge on any atom is 0.256 e. The van der Waals surface area contributed by atoms with Crippen molar-refractivity contribution < 1.29 is 9.53 Å². The van der Waals surface area contributed by atoms with Gasteiger partial charge in [-0.25, -0.2) is 0 Å². The fourth-order valence-corrected chi connectivity index (χ4v) is 3.29. The highest BCUT2D eigenvalue weighted by molar-refractivity contribution is 6.35. The van der Waals surface area contributed by atoms with Crippen molar-refractivity contribution in [3.05, 3.63) is 65.1 Å². The van der Waals surface area contributed by atoms with Gasteiger partial charge in [0.25, 0.3) is 5.91 Å². The molecule has 0 atom stereocenters. The van der Waals surface area contributed by atoms with Crippen LogP contribution in [0.5, 0.6) is 5.75 Å². The number of aryl methyl sites for hydroxylation is 2. The Morgan fingerprint density at radius 3 is 2.73 bits per heavy atom. The van der Waals surface area contributed by atoms with Gasteiger partial charge in [0.15, 0.2) is 0 Å². The fourth-order valence-electron chi connectivity index (χ4n) is 3.29. The molecule has 2 aromatic heterocycles. The van der Waals surface area contributed by atoms with Gasteiger partial charge in [-0.3, -0.25) is 9.78 Å². The van der Waals surface area contributed by atoms with E-state index in [1.165, 1.54) is 0 Å². The van der Waals surface area contributed by atoms with Crippen LogP contribution in [0, 0.1) is 13.8 Å². The second-order valence-electron chi connectivity index (χ2n) is 6.38. The Bertz CT molecular complexity index is 1050. The second kappa shape index (κ2) is 6.19. The van der Waals surface area contributed by atoms with Crippen molar-refractivity contribution in [1.82, 2.24) is 9.97 Å². The molecular formula is C21H19N3O2. The van der Waals surface area contributed by atoms with E-state index in [0.717, 1.165) is 39.5 Å². The number of methoxy groups -OCH3 is 1. The van der Waals surface area contributed by atoms with Crippen molar-refractivity contribution in [2.75, 3.05) is 12.4 Å². The minimum atomic E-state index is -0.100. The molecule has 5 heteroatoms. The predicted octanol–water partition coefficient (Wildman–Crippen LogP) is 4.19. The van der Waals surface area contributed by atoms with Gasteiger partial charge < -0.3 is 15.0 Å². The first-order valence-corrected chi connectivity index (χ1v) is 8.40. The van der Waals surface area contributed by atoms with Crippen molar-refractivity contribution in [2.24, 2.45) is 0 Å². The number of anilines is 1. The van der Waals surface area contributed by atoms with Gasteiger partial charge in [-0.1, -0.05) is 6.07 Å². The molecule has 3 aromatic rings. The van der Waals surface area contributed by atoms with Crippen LogP contribution < -0.4 is 10.1 Å². The van der Waals surface area contributed by atoms with Gasteiger partial charge in [0.1, 0.15) is 11.4 Å². The van der Waals surface area contributed by atoms with Crippen LogP contribution in [0.15, 0.2) is 42.6 Å². The minimum absolute atomic E-state index is 0.100. The van der Waals surface area contributed by atoms with Crippen LogP contribution in [0.25, 0.3) is 22.9 Å². The summed E-state index contributed by atoms with van der Waals surface area (Å²) in [5.41, 5.74) is 7.10.